The Balaban J connectivity index is 0.000000190. The number of aromatic nitrogens is 1. The first-order valence-corrected chi connectivity index (χ1v) is 25.6. The Hall–Kier alpha value is -6.19. The van der Waals surface area contributed by atoms with E-state index in [2.05, 4.69) is 46.3 Å². The van der Waals surface area contributed by atoms with Crippen molar-refractivity contribution in [3.63, 3.8) is 0 Å². The van der Waals surface area contributed by atoms with E-state index in [1.54, 1.807) is 50.2 Å². The molecule has 2 fully saturated rings. The fourth-order valence-electron chi connectivity index (χ4n) is 7.49. The summed E-state index contributed by atoms with van der Waals surface area (Å²) in [5, 5.41) is 7.98. The molecular formula is C48H56BrN10O8PS3. The first kappa shape index (κ1) is 54.1. The van der Waals surface area contributed by atoms with Gasteiger partial charge in [0.05, 0.1) is 5.33 Å². The van der Waals surface area contributed by atoms with Crippen LogP contribution in [-0.4, -0.2) is 125 Å². The maximum Gasteiger partial charge on any atom is 0.231 e. The highest BCUT2D eigenvalue weighted by molar-refractivity contribution is 9.09. The zero-order chi connectivity index (χ0) is 49.7. The summed E-state index contributed by atoms with van der Waals surface area (Å²) in [7, 11) is 0. The number of ether oxygens (including phenoxy) is 4. The summed E-state index contributed by atoms with van der Waals surface area (Å²) in [5.41, 5.74) is 16.9. The number of nitrogens with zero attached hydrogens (tertiary/aromatic N) is 6. The molecule has 4 aliphatic rings. The number of amides is 2. The number of aliphatic imine (C=N–C) groups is 1. The molecule has 1 aromatic heterocycles. The molecule has 0 aliphatic carbocycles. The molecule has 5 heterocycles. The number of Topliss-reactive ketones (excluding diaryl/α,β-unsaturated/α-hetero) is 1. The molecule has 5 aromatic rings. The molecule has 2 saturated heterocycles. The highest BCUT2D eigenvalue weighted by Crippen LogP contribution is 2.36. The molecule has 4 aliphatic heterocycles. The summed E-state index contributed by atoms with van der Waals surface area (Å²) in [6, 6.07) is 26.3. The first-order valence-electron chi connectivity index (χ1n) is 22.2. The number of fused-ring (bicyclic) bond motifs is 2. The maximum absolute atomic E-state index is 13.0. The molecule has 1 atom stereocenters. The second kappa shape index (κ2) is 25.8. The molecule has 1 unspecified atom stereocenters. The van der Waals surface area contributed by atoms with E-state index in [1.807, 2.05) is 65.3 Å². The fourth-order valence-corrected chi connectivity index (χ4v) is 9.41. The SMILES string of the molecule is CC(=O)N1CCN(c2ccc(Nc3nc(N)c(C(=O)c4ccc5c(c4)OCO5)s3)cc2)CC1.CCSC(N)=NC(=S)Nc1ccc(N2CCN(C(C)=O)CC2)cc1.O=C(CBr)c1ccc2c(c1)OCO2.P. The molecule has 0 radical (unpaired) electrons. The number of thiocarbonyl (C=S) groups is 1. The number of rotatable bonds is 10. The maximum atomic E-state index is 13.0. The minimum absolute atomic E-state index is 0. The lowest BCUT2D eigenvalue weighted by Gasteiger charge is -2.35. The van der Waals surface area contributed by atoms with Crippen molar-refractivity contribution in [1.29, 1.82) is 0 Å². The molecule has 9 rings (SSSR count). The van der Waals surface area contributed by atoms with Crippen LogP contribution >= 0.6 is 61.1 Å². The number of nitrogen functional groups attached to an aromatic ring is 1. The van der Waals surface area contributed by atoms with E-state index in [-0.39, 0.29) is 52.7 Å². The topological polar surface area (TPSA) is 220 Å². The monoisotopic (exact) mass is 1110 g/mol. The summed E-state index contributed by atoms with van der Waals surface area (Å²) in [6.45, 7) is 11.9. The first-order chi connectivity index (χ1) is 33.8. The second-order valence-electron chi connectivity index (χ2n) is 15.8. The number of ketones is 2. The third kappa shape index (κ3) is 14.7. The number of thiazole rings is 1. The van der Waals surface area contributed by atoms with Crippen molar-refractivity contribution in [3.05, 3.63) is 101 Å². The molecule has 376 valence electrons. The Kier molecular flexibility index (Phi) is 19.7. The van der Waals surface area contributed by atoms with Crippen molar-refractivity contribution >= 4 is 129 Å². The molecule has 4 aromatic carbocycles. The second-order valence-corrected chi connectivity index (χ2v) is 19.0. The van der Waals surface area contributed by atoms with Crippen LogP contribution in [0.3, 0.4) is 0 Å². The van der Waals surface area contributed by atoms with Crippen LogP contribution in [0, 0.1) is 0 Å². The van der Waals surface area contributed by atoms with Crippen molar-refractivity contribution in [3.8, 4) is 23.0 Å². The van der Waals surface area contributed by atoms with Crippen molar-refractivity contribution < 1.29 is 38.1 Å². The predicted octanol–water partition coefficient (Wildman–Crippen LogP) is 7.27. The van der Waals surface area contributed by atoms with E-state index in [1.165, 1.54) is 23.1 Å². The lowest BCUT2D eigenvalue weighted by atomic mass is 10.1. The third-order valence-corrected chi connectivity index (χ3v) is 13.6. The Morgan fingerprint density at radius 3 is 1.70 bits per heavy atom. The van der Waals surface area contributed by atoms with Crippen LogP contribution in [0.1, 0.15) is 46.4 Å². The van der Waals surface area contributed by atoms with E-state index >= 15 is 0 Å². The van der Waals surface area contributed by atoms with Crippen LogP contribution < -0.4 is 50.8 Å². The smallest absolute Gasteiger partial charge is 0.231 e. The van der Waals surface area contributed by atoms with Crippen molar-refractivity contribution in [2.24, 2.45) is 10.7 Å². The predicted molar refractivity (Wildman–Crippen MR) is 295 cm³/mol. The van der Waals surface area contributed by atoms with E-state index in [4.69, 9.17) is 42.6 Å². The van der Waals surface area contributed by atoms with E-state index < -0.39 is 0 Å². The molecule has 18 nitrogen and oxygen atoms in total. The summed E-state index contributed by atoms with van der Waals surface area (Å²) in [6.07, 6.45) is 0. The lowest BCUT2D eigenvalue weighted by molar-refractivity contribution is -0.129. The molecular weight excluding hydrogens is 1050 g/mol. The minimum Gasteiger partial charge on any atom is -0.454 e. The van der Waals surface area contributed by atoms with Gasteiger partial charge in [-0.2, -0.15) is 14.9 Å². The average molecular weight is 1110 g/mol. The van der Waals surface area contributed by atoms with E-state index in [0.29, 0.717) is 59.7 Å². The van der Waals surface area contributed by atoms with Crippen LogP contribution in [0.4, 0.5) is 33.7 Å². The Morgan fingerprint density at radius 1 is 0.732 bits per heavy atom. The Bertz CT molecular complexity index is 2720. The number of benzene rings is 4. The number of carbonyl (C=O) groups excluding carboxylic acids is 4. The van der Waals surface area contributed by atoms with Crippen LogP contribution in [0.15, 0.2) is 89.9 Å². The number of piperazine rings is 2. The number of halogens is 1. The van der Waals surface area contributed by atoms with Gasteiger partial charge >= 0.3 is 0 Å². The molecule has 0 spiro atoms. The van der Waals surface area contributed by atoms with Gasteiger partial charge in [0.2, 0.25) is 31.2 Å². The summed E-state index contributed by atoms with van der Waals surface area (Å²) in [5.74, 6) is 3.65. The number of hydrogen-bond acceptors (Lipinski definition) is 16. The van der Waals surface area contributed by atoms with Crippen LogP contribution in [-0.2, 0) is 9.59 Å². The standard InChI is InChI=1S/C23H23N5O4S.C16H23N5OS2.C9H7BrO3.H3P/c1-14(29)27-8-10-28(11-9-27)17-5-3-16(4-6-17)25-23-26-22(24)21(33-23)20(30)15-2-7-18-19(12-15)32-13-31-18;1-3-24-15(17)19-16(23)18-13-4-6-14(7-5-13)21-10-8-20(9-11-21)12(2)22;10-4-7(11)6-1-2-8-9(3-6)13-5-12-8;/h2-7,12H,8-11,13,24H2,1H3,(H,25,26);4-7H,3,8-11H2,1-2H3,(H3,17,18,19,23);1-3H,4-5H2;1H3. The Labute approximate surface area is 437 Å². The number of carbonyl (C=O) groups is 4. The molecule has 2 amide bonds. The van der Waals surface area contributed by atoms with Crippen LogP contribution in [0.2, 0.25) is 0 Å². The lowest BCUT2D eigenvalue weighted by Crippen LogP contribution is -2.48. The highest BCUT2D eigenvalue weighted by Gasteiger charge is 2.23. The zero-order valence-corrected chi connectivity index (χ0v) is 44.9. The summed E-state index contributed by atoms with van der Waals surface area (Å²) >= 11 is 11.0. The number of amidine groups is 1. The number of nitrogens with one attached hydrogen (secondary N) is 2. The van der Waals surface area contributed by atoms with Gasteiger partial charge in [-0.25, -0.2) is 4.98 Å². The largest absolute Gasteiger partial charge is 0.454 e. The quantitative estimate of drug-likeness (QED) is 0.0270. The number of thioether (sulfide) groups is 1. The summed E-state index contributed by atoms with van der Waals surface area (Å²) in [4.78, 5) is 64.2. The fraction of sp³-hybridized carbons (Fsp3) is 0.312. The van der Waals surface area contributed by atoms with Gasteiger partial charge in [-0.1, -0.05) is 46.0 Å². The summed E-state index contributed by atoms with van der Waals surface area (Å²) < 4.78 is 20.9. The molecule has 71 heavy (non-hydrogen) atoms. The van der Waals surface area contributed by atoms with E-state index in [9.17, 15) is 19.2 Å². The highest BCUT2D eigenvalue weighted by atomic mass is 79.9. The number of anilines is 6. The van der Waals surface area contributed by atoms with Gasteiger partial charge in [-0.05, 0) is 103 Å². The average Bonchev–Trinajstić information content (AvgIpc) is 4.14. The van der Waals surface area contributed by atoms with Gasteiger partial charge in [0.25, 0.3) is 0 Å². The minimum atomic E-state index is -0.212. The van der Waals surface area contributed by atoms with Crippen LogP contribution in [0.5, 0.6) is 23.0 Å². The van der Waals surface area contributed by atoms with Gasteiger partial charge in [-0.15, -0.1) is 0 Å². The van der Waals surface area contributed by atoms with Gasteiger partial charge in [0, 0.05) is 100 Å². The number of alkyl halides is 1. The zero-order valence-electron chi connectivity index (χ0n) is 39.5. The van der Waals surface area contributed by atoms with Crippen molar-refractivity contribution in [2.75, 3.05) is 103 Å². The number of nitrogens with two attached hydrogens (primary N) is 2. The molecule has 6 N–H and O–H groups in total. The van der Waals surface area contributed by atoms with Gasteiger partial charge in [0.15, 0.2) is 44.2 Å². The number of hydrogen-bond donors (Lipinski definition) is 4. The van der Waals surface area contributed by atoms with Gasteiger partial charge in [-0.3, -0.25) is 19.2 Å². The molecule has 0 bridgehead atoms. The van der Waals surface area contributed by atoms with Crippen molar-refractivity contribution in [1.82, 2.24) is 14.8 Å². The molecule has 23 heteroatoms. The van der Waals surface area contributed by atoms with Crippen LogP contribution in [0.25, 0.3) is 0 Å². The normalized spacial score (nSPS) is 14.5. The Morgan fingerprint density at radius 2 is 1.21 bits per heavy atom. The van der Waals surface area contributed by atoms with Gasteiger partial charge < -0.3 is 60.6 Å². The van der Waals surface area contributed by atoms with Gasteiger partial charge in [0.1, 0.15) is 10.7 Å². The third-order valence-electron chi connectivity index (χ3n) is 11.2. The van der Waals surface area contributed by atoms with Crippen molar-refractivity contribution in [2.45, 2.75) is 20.8 Å². The van der Waals surface area contributed by atoms with E-state index in [0.717, 1.165) is 80.9 Å². The molecule has 0 saturated carbocycles.